The molecule has 0 radical (unpaired) electrons. The minimum absolute atomic E-state index is 0.0288. The zero-order chi connectivity index (χ0) is 41.9. The average molecular weight is 797 g/mol. The van der Waals surface area contributed by atoms with Crippen LogP contribution in [0, 0.1) is 18.3 Å². The van der Waals surface area contributed by atoms with Gasteiger partial charge in [0.2, 0.25) is 0 Å². The van der Waals surface area contributed by atoms with E-state index in [1.54, 1.807) is 57.7 Å². The molecule has 6 aromatic carbocycles. The summed E-state index contributed by atoms with van der Waals surface area (Å²) in [6.07, 6.45) is 0. The minimum atomic E-state index is -4.07. The van der Waals surface area contributed by atoms with Crippen molar-refractivity contribution in [3.8, 4) is 29.1 Å². The quantitative estimate of drug-likeness (QED) is 0.0644. The molecule has 6 rings (SSSR count). The van der Waals surface area contributed by atoms with Gasteiger partial charge in [0.25, 0.3) is 0 Å². The van der Waals surface area contributed by atoms with E-state index in [0.29, 0.717) is 11.3 Å². The van der Waals surface area contributed by atoms with Crippen LogP contribution in [0.4, 0.5) is 0 Å². The Morgan fingerprint density at radius 2 is 0.845 bits per heavy atom. The van der Waals surface area contributed by atoms with Crippen LogP contribution in [0.5, 0.6) is 23.0 Å². The number of aryl methyl sites for hydroxylation is 1. The molecule has 0 aliphatic heterocycles. The molecular weight excluding hydrogens is 749 g/mol. The monoisotopic (exact) mass is 796 g/mol. The maximum Gasteiger partial charge on any atom is 0.358 e. The molecule has 0 amide bonds. The van der Waals surface area contributed by atoms with E-state index in [9.17, 15) is 8.42 Å². The molecule has 10 heteroatoms. The van der Waals surface area contributed by atoms with Crippen LogP contribution in [0.3, 0.4) is 0 Å². The summed E-state index contributed by atoms with van der Waals surface area (Å²) < 4.78 is 49.9. The summed E-state index contributed by atoms with van der Waals surface area (Å²) in [5.74, 6) is 3.18. The summed E-state index contributed by atoms with van der Waals surface area (Å²) in [7, 11) is 2.54. The molecule has 9 nitrogen and oxygen atoms in total. The van der Waals surface area contributed by atoms with Gasteiger partial charge in [0.15, 0.2) is 5.71 Å². The number of hydrogen-bond donors (Lipinski definition) is 0. The molecule has 58 heavy (non-hydrogen) atoms. The molecular formula is C48H48N2O7S. The average Bonchev–Trinajstić information content (AvgIpc) is 3.27. The Labute approximate surface area is 342 Å². The van der Waals surface area contributed by atoms with Gasteiger partial charge in [0.1, 0.15) is 34.0 Å². The third-order valence-corrected chi connectivity index (χ3v) is 11.5. The Bertz CT molecular complexity index is 2390. The second kappa shape index (κ2) is 18.6. The first kappa shape index (κ1) is 42.6. The standard InChI is InChI=1S/C32H34O3.C16H14N2O4S/c1-31(2,24-11-17-28(33-4)18-12-24)23-7-9-25(10-8-23)32(3,26-13-19-29(34-5)20-14-26)27-15-21-30(35-6)22-16-27;1-12-3-9-15(10-4-12)23(19,20)22-18-16(11-17)13-5-7-14(21-2)8-6-13/h7-22H,1-6H3;3-10H,1-2H3/b;18-16+. The normalized spacial score (nSPS) is 11.7. The third-order valence-electron chi connectivity index (χ3n) is 10.3. The predicted molar refractivity (Wildman–Crippen MR) is 228 cm³/mol. The maximum atomic E-state index is 12.0. The summed E-state index contributed by atoms with van der Waals surface area (Å²) >= 11 is 0. The number of ether oxygens (including phenoxy) is 4. The molecule has 0 heterocycles. The van der Waals surface area contributed by atoms with Gasteiger partial charge in [0.05, 0.1) is 28.4 Å². The van der Waals surface area contributed by atoms with Crippen LogP contribution in [0.25, 0.3) is 0 Å². The van der Waals surface area contributed by atoms with Crippen LogP contribution < -0.4 is 18.9 Å². The molecule has 0 saturated heterocycles. The molecule has 298 valence electrons. The van der Waals surface area contributed by atoms with Gasteiger partial charge in [-0.2, -0.15) is 13.7 Å². The van der Waals surface area contributed by atoms with Crippen molar-refractivity contribution in [2.45, 2.75) is 43.4 Å². The van der Waals surface area contributed by atoms with Crippen LogP contribution in [-0.4, -0.2) is 42.6 Å². The van der Waals surface area contributed by atoms with Crippen LogP contribution in [-0.2, 0) is 25.2 Å². The van der Waals surface area contributed by atoms with Gasteiger partial charge in [0, 0.05) is 16.4 Å². The van der Waals surface area contributed by atoms with Gasteiger partial charge in [-0.1, -0.05) is 97.4 Å². The van der Waals surface area contributed by atoms with Crippen molar-refractivity contribution in [1.82, 2.24) is 0 Å². The fraction of sp³-hybridized carbons (Fsp3) is 0.208. The van der Waals surface area contributed by atoms with Gasteiger partial charge >= 0.3 is 10.1 Å². The fourth-order valence-electron chi connectivity index (χ4n) is 6.46. The van der Waals surface area contributed by atoms with Crippen molar-refractivity contribution in [2.24, 2.45) is 5.16 Å². The van der Waals surface area contributed by atoms with Gasteiger partial charge in [-0.25, -0.2) is 0 Å². The van der Waals surface area contributed by atoms with Crippen LogP contribution >= 0.6 is 0 Å². The van der Waals surface area contributed by atoms with Crippen molar-refractivity contribution in [2.75, 3.05) is 28.4 Å². The molecule has 0 saturated carbocycles. The molecule has 6 aromatic rings. The number of oxime groups is 1. The van der Waals surface area contributed by atoms with Crippen molar-refractivity contribution < 1.29 is 31.6 Å². The van der Waals surface area contributed by atoms with E-state index in [0.717, 1.165) is 22.8 Å². The van der Waals surface area contributed by atoms with Crippen LogP contribution in [0.1, 0.15) is 59.7 Å². The van der Waals surface area contributed by atoms with E-state index < -0.39 is 10.1 Å². The Hall–Kier alpha value is -6.57. The Morgan fingerprint density at radius 1 is 0.517 bits per heavy atom. The van der Waals surface area contributed by atoms with Crippen molar-refractivity contribution in [3.05, 3.63) is 185 Å². The van der Waals surface area contributed by atoms with E-state index in [4.69, 9.17) is 24.2 Å². The Balaban J connectivity index is 0.000000242. The molecule has 0 aliphatic rings. The molecule has 0 atom stereocenters. The second-order valence-corrected chi connectivity index (χ2v) is 15.7. The first-order valence-electron chi connectivity index (χ1n) is 18.5. The summed E-state index contributed by atoms with van der Waals surface area (Å²) in [6, 6.07) is 48.5. The number of nitriles is 1. The van der Waals surface area contributed by atoms with Crippen molar-refractivity contribution in [3.63, 3.8) is 0 Å². The summed E-state index contributed by atoms with van der Waals surface area (Å²) in [5, 5.41) is 12.6. The molecule has 0 aromatic heterocycles. The van der Waals surface area contributed by atoms with Gasteiger partial charge < -0.3 is 18.9 Å². The van der Waals surface area contributed by atoms with E-state index in [1.165, 1.54) is 47.1 Å². The third kappa shape index (κ3) is 9.68. The lowest BCUT2D eigenvalue weighted by atomic mass is 9.70. The number of benzene rings is 6. The molecule has 0 aliphatic carbocycles. The molecule has 0 spiro atoms. The van der Waals surface area contributed by atoms with E-state index in [1.807, 2.05) is 49.4 Å². The SMILES string of the molecule is COc1ccc(/C(C#N)=N/OS(=O)(=O)c2ccc(C)cc2)cc1.COc1ccc(C(C)(C)c2ccc(C(C)(c3ccc(OC)cc3)c3ccc(OC)cc3)cc2)cc1. The number of rotatable bonds is 13. The molecule has 0 N–H and O–H groups in total. The number of hydrogen-bond acceptors (Lipinski definition) is 9. The molecule has 0 fully saturated rings. The highest BCUT2D eigenvalue weighted by Gasteiger charge is 2.32. The first-order chi connectivity index (χ1) is 27.8. The highest BCUT2D eigenvalue weighted by Crippen LogP contribution is 2.41. The van der Waals surface area contributed by atoms with Crippen molar-refractivity contribution >= 4 is 15.8 Å². The highest BCUT2D eigenvalue weighted by atomic mass is 32.2. The zero-order valence-corrected chi connectivity index (χ0v) is 34.8. The minimum Gasteiger partial charge on any atom is -0.497 e. The number of nitrogens with zero attached hydrogens (tertiary/aromatic N) is 2. The number of methoxy groups -OCH3 is 4. The van der Waals surface area contributed by atoms with E-state index in [2.05, 4.69) is 90.9 Å². The summed E-state index contributed by atoms with van der Waals surface area (Å²) in [4.78, 5) is -0.0288. The highest BCUT2D eigenvalue weighted by molar-refractivity contribution is 7.86. The maximum absolute atomic E-state index is 12.0. The Morgan fingerprint density at radius 3 is 1.21 bits per heavy atom. The summed E-state index contributed by atoms with van der Waals surface area (Å²) in [5.41, 5.74) is 6.85. The lowest BCUT2D eigenvalue weighted by Gasteiger charge is -2.33. The van der Waals surface area contributed by atoms with Crippen LogP contribution in [0.15, 0.2) is 156 Å². The Kier molecular flexibility index (Phi) is 13.6. The smallest absolute Gasteiger partial charge is 0.358 e. The largest absolute Gasteiger partial charge is 0.497 e. The van der Waals surface area contributed by atoms with E-state index >= 15 is 0 Å². The molecule has 0 bridgehead atoms. The predicted octanol–water partition coefficient (Wildman–Crippen LogP) is 10.0. The lowest BCUT2D eigenvalue weighted by Crippen LogP contribution is -2.26. The molecule has 0 unspecified atom stereocenters. The second-order valence-electron chi connectivity index (χ2n) is 14.1. The van der Waals surface area contributed by atoms with Crippen molar-refractivity contribution in [1.29, 1.82) is 5.26 Å². The van der Waals surface area contributed by atoms with E-state index in [-0.39, 0.29) is 21.4 Å². The van der Waals surface area contributed by atoms with Crippen LogP contribution in [0.2, 0.25) is 0 Å². The van der Waals surface area contributed by atoms with Gasteiger partial charge in [-0.3, -0.25) is 4.28 Å². The van der Waals surface area contributed by atoms with Gasteiger partial charge in [-0.05, 0) is 114 Å². The summed E-state index contributed by atoms with van der Waals surface area (Å²) in [6.45, 7) is 8.64. The zero-order valence-electron chi connectivity index (χ0n) is 34.0. The topological polar surface area (TPSA) is 116 Å². The lowest BCUT2D eigenvalue weighted by molar-refractivity contribution is 0.339. The van der Waals surface area contributed by atoms with Gasteiger partial charge in [-0.15, -0.1) is 0 Å². The first-order valence-corrected chi connectivity index (χ1v) is 19.9. The fourth-order valence-corrected chi connectivity index (χ4v) is 7.19.